The zero-order valence-electron chi connectivity index (χ0n) is 15.1. The van der Waals surface area contributed by atoms with E-state index in [0.29, 0.717) is 0 Å². The van der Waals surface area contributed by atoms with Gasteiger partial charge in [-0.05, 0) is 48.9 Å². The molecular formula is C21H22ClN3O. The fourth-order valence-electron chi connectivity index (χ4n) is 3.55. The molecule has 4 rings (SSSR count). The minimum absolute atomic E-state index is 0.775. The van der Waals surface area contributed by atoms with E-state index < -0.39 is 0 Å². The Kier molecular flexibility index (Phi) is 4.60. The minimum Gasteiger partial charge on any atom is -0.494 e. The van der Waals surface area contributed by atoms with Crippen LogP contribution in [0.1, 0.15) is 5.56 Å². The number of para-hydroxylation sites is 1. The van der Waals surface area contributed by atoms with Gasteiger partial charge in [0.05, 0.1) is 7.11 Å². The lowest BCUT2D eigenvalue weighted by Crippen LogP contribution is -2.46. The number of hydrogen-bond donors (Lipinski definition) is 0. The number of methoxy groups -OCH3 is 1. The molecule has 0 bridgehead atoms. The Morgan fingerprint density at radius 3 is 2.35 bits per heavy atom. The van der Waals surface area contributed by atoms with Crippen LogP contribution in [0.25, 0.3) is 10.9 Å². The Morgan fingerprint density at radius 2 is 1.65 bits per heavy atom. The minimum atomic E-state index is 0.775. The SMILES string of the molecule is COc1cccc2c(C)cc(N3CCN(c4ccc(Cl)cc4)CC3)nc12. The van der Waals surface area contributed by atoms with Gasteiger partial charge in [0.25, 0.3) is 0 Å². The van der Waals surface area contributed by atoms with Gasteiger partial charge in [-0.2, -0.15) is 0 Å². The predicted octanol–water partition coefficient (Wildman–Crippen LogP) is 4.53. The summed E-state index contributed by atoms with van der Waals surface area (Å²) in [6.45, 7) is 5.95. The summed E-state index contributed by atoms with van der Waals surface area (Å²) in [7, 11) is 1.70. The summed E-state index contributed by atoms with van der Waals surface area (Å²) in [5.74, 6) is 1.85. The highest BCUT2D eigenvalue weighted by Gasteiger charge is 2.19. The molecule has 1 aromatic heterocycles. The van der Waals surface area contributed by atoms with Crippen molar-refractivity contribution in [2.24, 2.45) is 0 Å². The Hall–Kier alpha value is -2.46. The molecule has 134 valence electrons. The molecule has 1 aliphatic rings. The lowest BCUT2D eigenvalue weighted by molar-refractivity contribution is 0.419. The second-order valence-electron chi connectivity index (χ2n) is 6.60. The first-order valence-corrected chi connectivity index (χ1v) is 9.23. The number of nitrogens with zero attached hydrogens (tertiary/aromatic N) is 3. The Bertz CT molecular complexity index is 918. The second kappa shape index (κ2) is 7.04. The van der Waals surface area contributed by atoms with Crippen molar-refractivity contribution < 1.29 is 4.74 Å². The van der Waals surface area contributed by atoms with E-state index in [4.69, 9.17) is 21.3 Å². The van der Waals surface area contributed by atoms with Crippen molar-refractivity contribution in [3.8, 4) is 5.75 Å². The highest BCUT2D eigenvalue weighted by atomic mass is 35.5. The van der Waals surface area contributed by atoms with Gasteiger partial charge in [0, 0.05) is 42.3 Å². The normalized spacial score (nSPS) is 14.7. The summed E-state index contributed by atoms with van der Waals surface area (Å²) in [5, 5.41) is 1.92. The van der Waals surface area contributed by atoms with E-state index >= 15 is 0 Å². The summed E-state index contributed by atoms with van der Waals surface area (Å²) in [4.78, 5) is 9.65. The summed E-state index contributed by atoms with van der Waals surface area (Å²) >= 11 is 6.00. The largest absolute Gasteiger partial charge is 0.494 e. The van der Waals surface area contributed by atoms with Crippen LogP contribution in [0, 0.1) is 6.92 Å². The highest BCUT2D eigenvalue weighted by molar-refractivity contribution is 6.30. The van der Waals surface area contributed by atoms with Crippen LogP contribution in [0.2, 0.25) is 5.02 Å². The first kappa shape index (κ1) is 17.0. The third kappa shape index (κ3) is 3.17. The van der Waals surface area contributed by atoms with Gasteiger partial charge in [-0.15, -0.1) is 0 Å². The molecule has 0 atom stereocenters. The van der Waals surface area contributed by atoms with Crippen LogP contribution < -0.4 is 14.5 Å². The van der Waals surface area contributed by atoms with Crippen LogP contribution in [-0.2, 0) is 0 Å². The van der Waals surface area contributed by atoms with E-state index in [0.717, 1.165) is 53.7 Å². The maximum atomic E-state index is 6.00. The Balaban J connectivity index is 1.56. The Morgan fingerprint density at radius 1 is 0.962 bits per heavy atom. The average Bonchev–Trinajstić information content (AvgIpc) is 2.68. The van der Waals surface area contributed by atoms with Crippen LogP contribution in [0.5, 0.6) is 5.75 Å². The van der Waals surface area contributed by atoms with Gasteiger partial charge < -0.3 is 14.5 Å². The molecule has 1 aliphatic heterocycles. The van der Waals surface area contributed by atoms with Crippen LogP contribution in [0.3, 0.4) is 0 Å². The average molecular weight is 368 g/mol. The number of hydrogen-bond acceptors (Lipinski definition) is 4. The molecule has 4 nitrogen and oxygen atoms in total. The number of aryl methyl sites for hydroxylation is 1. The molecule has 0 radical (unpaired) electrons. The van der Waals surface area contributed by atoms with E-state index in [2.05, 4.69) is 41.0 Å². The molecule has 2 aromatic carbocycles. The molecule has 0 amide bonds. The molecule has 2 heterocycles. The number of aromatic nitrogens is 1. The second-order valence-corrected chi connectivity index (χ2v) is 7.04. The maximum Gasteiger partial charge on any atom is 0.145 e. The topological polar surface area (TPSA) is 28.6 Å². The van der Waals surface area contributed by atoms with Crippen molar-refractivity contribution >= 4 is 34.0 Å². The molecule has 0 N–H and O–H groups in total. The van der Waals surface area contributed by atoms with E-state index in [-0.39, 0.29) is 0 Å². The van der Waals surface area contributed by atoms with Crippen molar-refractivity contribution in [1.82, 2.24) is 4.98 Å². The van der Waals surface area contributed by atoms with Crippen molar-refractivity contribution in [2.45, 2.75) is 6.92 Å². The molecule has 0 unspecified atom stereocenters. The van der Waals surface area contributed by atoms with Gasteiger partial charge in [-0.1, -0.05) is 23.7 Å². The third-order valence-corrected chi connectivity index (χ3v) is 5.26. The standard InChI is InChI=1S/C21H22ClN3O/c1-15-14-20(23-21-18(15)4-3-5-19(21)26-2)25-12-10-24(11-13-25)17-8-6-16(22)7-9-17/h3-9,14H,10-13H2,1-2H3. The monoisotopic (exact) mass is 367 g/mol. The molecule has 0 aliphatic carbocycles. The maximum absolute atomic E-state index is 6.00. The first-order valence-electron chi connectivity index (χ1n) is 8.85. The highest BCUT2D eigenvalue weighted by Crippen LogP contribution is 2.30. The van der Waals surface area contributed by atoms with Gasteiger partial charge in [0.1, 0.15) is 17.1 Å². The first-order chi connectivity index (χ1) is 12.7. The molecule has 0 spiro atoms. The number of piperazine rings is 1. The number of rotatable bonds is 3. The zero-order chi connectivity index (χ0) is 18.1. The molecular weight excluding hydrogens is 346 g/mol. The van der Waals surface area contributed by atoms with Gasteiger partial charge in [0.15, 0.2) is 0 Å². The van der Waals surface area contributed by atoms with Crippen LogP contribution in [0.15, 0.2) is 48.5 Å². The molecule has 5 heteroatoms. The smallest absolute Gasteiger partial charge is 0.145 e. The lowest BCUT2D eigenvalue weighted by Gasteiger charge is -2.37. The van der Waals surface area contributed by atoms with Crippen molar-refractivity contribution in [3.05, 3.63) is 59.1 Å². The molecule has 3 aromatic rings. The van der Waals surface area contributed by atoms with Gasteiger partial charge >= 0.3 is 0 Å². The molecule has 0 saturated carbocycles. The summed E-state index contributed by atoms with van der Waals surface area (Å²) in [6, 6.07) is 16.3. The van der Waals surface area contributed by atoms with Crippen molar-refractivity contribution in [1.29, 1.82) is 0 Å². The van der Waals surface area contributed by atoms with Crippen LogP contribution >= 0.6 is 11.6 Å². The number of benzene rings is 2. The van der Waals surface area contributed by atoms with E-state index in [9.17, 15) is 0 Å². The lowest BCUT2D eigenvalue weighted by atomic mass is 10.1. The van der Waals surface area contributed by atoms with E-state index in [1.807, 2.05) is 24.3 Å². The number of fused-ring (bicyclic) bond motifs is 1. The number of pyridine rings is 1. The van der Waals surface area contributed by atoms with Crippen LogP contribution in [0.4, 0.5) is 11.5 Å². The Labute approximate surface area is 159 Å². The summed E-state index contributed by atoms with van der Waals surface area (Å²) < 4.78 is 5.51. The number of anilines is 2. The molecule has 1 fully saturated rings. The summed E-state index contributed by atoms with van der Waals surface area (Å²) in [5.41, 5.74) is 3.38. The fraction of sp³-hybridized carbons (Fsp3) is 0.286. The molecule has 26 heavy (non-hydrogen) atoms. The van der Waals surface area contributed by atoms with Gasteiger partial charge in [-0.25, -0.2) is 4.98 Å². The van der Waals surface area contributed by atoms with Crippen LogP contribution in [-0.4, -0.2) is 38.3 Å². The fourth-order valence-corrected chi connectivity index (χ4v) is 3.67. The third-order valence-electron chi connectivity index (χ3n) is 5.01. The number of halogens is 1. The zero-order valence-corrected chi connectivity index (χ0v) is 15.8. The summed E-state index contributed by atoms with van der Waals surface area (Å²) in [6.07, 6.45) is 0. The van der Waals surface area contributed by atoms with E-state index in [1.165, 1.54) is 11.3 Å². The molecule has 1 saturated heterocycles. The van der Waals surface area contributed by atoms with Crippen molar-refractivity contribution in [3.63, 3.8) is 0 Å². The van der Waals surface area contributed by atoms with E-state index in [1.54, 1.807) is 7.11 Å². The quantitative estimate of drug-likeness (QED) is 0.680. The predicted molar refractivity (Wildman–Crippen MR) is 109 cm³/mol. The number of ether oxygens (including phenoxy) is 1. The van der Waals surface area contributed by atoms with Gasteiger partial charge in [-0.3, -0.25) is 0 Å². The van der Waals surface area contributed by atoms with Gasteiger partial charge in [0.2, 0.25) is 0 Å². The van der Waals surface area contributed by atoms with Crippen molar-refractivity contribution in [2.75, 3.05) is 43.1 Å².